The number of nitrogens with zero attached hydrogens (tertiary/aromatic N) is 1. The van der Waals surface area contributed by atoms with Gasteiger partial charge in [-0.25, -0.2) is 8.42 Å². The minimum atomic E-state index is -3.50. The molecule has 0 heterocycles. The number of quaternary nitrogens is 1. The molecule has 2 rings (SSSR count). The summed E-state index contributed by atoms with van der Waals surface area (Å²) in [6.07, 6.45) is 0. The van der Waals surface area contributed by atoms with Gasteiger partial charge in [-0.2, -0.15) is 4.31 Å². The van der Waals surface area contributed by atoms with E-state index in [1.54, 1.807) is 26.0 Å². The molecular weight excluding hydrogens is 398 g/mol. The van der Waals surface area contributed by atoms with Gasteiger partial charge in [-0.15, -0.1) is 0 Å². The minimum Gasteiger partial charge on any atom is -0.326 e. The zero-order valence-corrected chi connectivity index (χ0v) is 18.0. The van der Waals surface area contributed by atoms with Gasteiger partial charge in [0.2, 0.25) is 10.0 Å². The summed E-state index contributed by atoms with van der Waals surface area (Å²) in [5.41, 5.74) is 1.67. The number of halogens is 1. The average molecular weight is 425 g/mol. The van der Waals surface area contributed by atoms with E-state index in [9.17, 15) is 13.2 Å². The summed E-state index contributed by atoms with van der Waals surface area (Å²) in [6.45, 7) is 5.44. The summed E-state index contributed by atoms with van der Waals surface area (Å²) in [5.74, 6) is -0.134. The van der Waals surface area contributed by atoms with Crippen LogP contribution in [-0.2, 0) is 21.4 Å². The average Bonchev–Trinajstić information content (AvgIpc) is 2.64. The molecule has 0 spiro atoms. The molecule has 0 saturated carbocycles. The van der Waals surface area contributed by atoms with Crippen LogP contribution < -0.4 is 10.2 Å². The molecule has 2 aromatic carbocycles. The van der Waals surface area contributed by atoms with Gasteiger partial charge in [-0.1, -0.05) is 37.6 Å². The van der Waals surface area contributed by atoms with Gasteiger partial charge in [0.1, 0.15) is 6.54 Å². The van der Waals surface area contributed by atoms with Crippen molar-refractivity contribution in [2.45, 2.75) is 25.3 Å². The van der Waals surface area contributed by atoms with Gasteiger partial charge in [0.15, 0.2) is 6.54 Å². The lowest BCUT2D eigenvalue weighted by Crippen LogP contribution is -3.08. The van der Waals surface area contributed by atoms with Gasteiger partial charge in [-0.05, 0) is 36.4 Å². The van der Waals surface area contributed by atoms with Crippen molar-refractivity contribution in [3.05, 3.63) is 59.1 Å². The van der Waals surface area contributed by atoms with E-state index in [2.05, 4.69) is 5.32 Å². The predicted octanol–water partition coefficient (Wildman–Crippen LogP) is 2.02. The van der Waals surface area contributed by atoms with E-state index < -0.39 is 10.0 Å². The third-order valence-electron chi connectivity index (χ3n) is 4.36. The smallest absolute Gasteiger partial charge is 0.279 e. The first-order valence-electron chi connectivity index (χ1n) is 9.22. The molecule has 0 aliphatic rings. The van der Waals surface area contributed by atoms with Crippen LogP contribution >= 0.6 is 11.6 Å². The Hall–Kier alpha value is -1.93. The number of amides is 1. The minimum absolute atomic E-state index is 0.134. The topological polar surface area (TPSA) is 70.9 Å². The Balaban J connectivity index is 1.94. The Morgan fingerprint density at radius 1 is 1.04 bits per heavy atom. The highest BCUT2D eigenvalue weighted by Crippen LogP contribution is 2.18. The van der Waals surface area contributed by atoms with Gasteiger partial charge >= 0.3 is 0 Å². The van der Waals surface area contributed by atoms with Gasteiger partial charge in [-0.3, -0.25) is 4.79 Å². The first-order chi connectivity index (χ1) is 13.3. The molecule has 0 bridgehead atoms. The van der Waals surface area contributed by atoms with Crippen LogP contribution in [0.2, 0.25) is 5.02 Å². The van der Waals surface area contributed by atoms with E-state index in [1.807, 2.05) is 31.3 Å². The van der Waals surface area contributed by atoms with E-state index >= 15 is 0 Å². The van der Waals surface area contributed by atoms with Gasteiger partial charge < -0.3 is 10.2 Å². The number of rotatable bonds is 9. The molecule has 28 heavy (non-hydrogen) atoms. The molecule has 0 aliphatic heterocycles. The number of sulfonamides is 1. The highest BCUT2D eigenvalue weighted by Gasteiger charge is 2.21. The third-order valence-corrected chi connectivity index (χ3v) is 6.68. The highest BCUT2D eigenvalue weighted by molar-refractivity contribution is 7.89. The van der Waals surface area contributed by atoms with Crippen molar-refractivity contribution in [2.24, 2.45) is 0 Å². The van der Waals surface area contributed by atoms with Gasteiger partial charge in [0.25, 0.3) is 5.91 Å². The maximum absolute atomic E-state index is 12.5. The van der Waals surface area contributed by atoms with Crippen molar-refractivity contribution in [1.82, 2.24) is 4.31 Å². The molecule has 0 fully saturated rings. The lowest BCUT2D eigenvalue weighted by atomic mass is 10.2. The zero-order chi connectivity index (χ0) is 20.7. The summed E-state index contributed by atoms with van der Waals surface area (Å²) >= 11 is 5.88. The van der Waals surface area contributed by atoms with Crippen LogP contribution in [0.4, 0.5) is 5.69 Å². The summed E-state index contributed by atoms with van der Waals surface area (Å²) in [4.78, 5) is 13.5. The molecule has 8 heteroatoms. The molecule has 1 amide bonds. The third kappa shape index (κ3) is 6.04. The van der Waals surface area contributed by atoms with Crippen molar-refractivity contribution >= 4 is 33.2 Å². The quantitative estimate of drug-likeness (QED) is 0.647. The van der Waals surface area contributed by atoms with Gasteiger partial charge in [0, 0.05) is 29.4 Å². The Kier molecular flexibility index (Phi) is 8.00. The highest BCUT2D eigenvalue weighted by atomic mass is 35.5. The van der Waals surface area contributed by atoms with Crippen LogP contribution in [-0.4, -0.2) is 45.3 Å². The summed E-state index contributed by atoms with van der Waals surface area (Å²) in [5, 5.41) is 3.50. The van der Waals surface area contributed by atoms with Crippen LogP contribution in [0.25, 0.3) is 0 Å². The van der Waals surface area contributed by atoms with Crippen molar-refractivity contribution in [3.8, 4) is 0 Å². The number of benzene rings is 2. The maximum atomic E-state index is 12.5. The molecule has 152 valence electrons. The maximum Gasteiger partial charge on any atom is 0.279 e. The molecule has 2 aromatic rings. The van der Waals surface area contributed by atoms with Crippen LogP contribution in [0.5, 0.6) is 0 Å². The number of likely N-dealkylation sites (N-methyl/N-ethyl adjacent to an activating group) is 1. The molecule has 0 aliphatic carbocycles. The van der Waals surface area contributed by atoms with Crippen molar-refractivity contribution in [1.29, 1.82) is 0 Å². The number of nitrogens with one attached hydrogen (secondary N) is 2. The van der Waals surface area contributed by atoms with E-state index in [0.717, 1.165) is 10.5 Å². The molecule has 0 saturated heterocycles. The summed E-state index contributed by atoms with van der Waals surface area (Å²) < 4.78 is 26.4. The van der Waals surface area contributed by atoms with Crippen LogP contribution in [0, 0.1) is 0 Å². The lowest BCUT2D eigenvalue weighted by Gasteiger charge is -2.18. The fourth-order valence-corrected chi connectivity index (χ4v) is 4.50. The van der Waals surface area contributed by atoms with Crippen LogP contribution in [0.3, 0.4) is 0 Å². The Morgan fingerprint density at radius 3 is 2.14 bits per heavy atom. The molecule has 1 atom stereocenters. The van der Waals surface area contributed by atoms with Crippen LogP contribution in [0.15, 0.2) is 53.4 Å². The van der Waals surface area contributed by atoms with Gasteiger partial charge in [0.05, 0.1) is 11.9 Å². The number of carbonyl (C=O) groups is 1. The number of hydrogen-bond acceptors (Lipinski definition) is 3. The van der Waals surface area contributed by atoms with E-state index in [-0.39, 0.29) is 10.8 Å². The summed E-state index contributed by atoms with van der Waals surface area (Å²) in [6, 6.07) is 13.8. The largest absolute Gasteiger partial charge is 0.326 e. The monoisotopic (exact) mass is 424 g/mol. The Bertz CT molecular complexity index is 880. The number of anilines is 1. The second kappa shape index (κ2) is 10.0. The second-order valence-electron chi connectivity index (χ2n) is 6.60. The predicted molar refractivity (Wildman–Crippen MR) is 112 cm³/mol. The number of carbonyl (C=O) groups excluding carboxylic acids is 1. The molecule has 2 N–H and O–H groups in total. The van der Waals surface area contributed by atoms with E-state index in [0.29, 0.717) is 36.9 Å². The standard InChI is InChI=1S/C20H26ClN3O3S/c1-4-24(5-2)28(26,27)19-12-10-18(11-13-19)22-20(25)15-23(3)14-16-6-8-17(21)9-7-16/h6-13H,4-5,14-15H2,1-3H3,(H,22,25)/p+1. The van der Waals surface area contributed by atoms with Crippen molar-refractivity contribution in [3.63, 3.8) is 0 Å². The second-order valence-corrected chi connectivity index (χ2v) is 8.97. The van der Waals surface area contributed by atoms with Crippen molar-refractivity contribution in [2.75, 3.05) is 32.0 Å². The fourth-order valence-electron chi connectivity index (χ4n) is 2.92. The first-order valence-corrected chi connectivity index (χ1v) is 11.0. The normalized spacial score (nSPS) is 12.8. The molecule has 1 unspecified atom stereocenters. The Labute approximate surface area is 172 Å². The molecule has 6 nitrogen and oxygen atoms in total. The number of hydrogen-bond donors (Lipinski definition) is 2. The summed E-state index contributed by atoms with van der Waals surface area (Å²) in [7, 11) is -1.56. The van der Waals surface area contributed by atoms with E-state index in [4.69, 9.17) is 11.6 Å². The lowest BCUT2D eigenvalue weighted by molar-refractivity contribution is -0.885. The molecular formula is C20H27ClN3O3S+. The van der Waals surface area contributed by atoms with E-state index in [1.165, 1.54) is 16.4 Å². The first kappa shape index (κ1) is 22.4. The zero-order valence-electron chi connectivity index (χ0n) is 16.4. The fraction of sp³-hybridized carbons (Fsp3) is 0.350. The molecule has 0 radical (unpaired) electrons. The van der Waals surface area contributed by atoms with Crippen molar-refractivity contribution < 1.29 is 18.1 Å². The molecule has 0 aromatic heterocycles. The van der Waals surface area contributed by atoms with Crippen LogP contribution in [0.1, 0.15) is 19.4 Å². The SMILES string of the molecule is CCN(CC)S(=O)(=O)c1ccc(NC(=O)C[NH+](C)Cc2ccc(Cl)cc2)cc1. The Morgan fingerprint density at radius 2 is 1.61 bits per heavy atom.